The summed E-state index contributed by atoms with van der Waals surface area (Å²) in [5.74, 6) is 1.58. The lowest BCUT2D eigenvalue weighted by Crippen LogP contribution is -1.94. The summed E-state index contributed by atoms with van der Waals surface area (Å²) in [4.78, 5) is 0. The Morgan fingerprint density at radius 1 is 1.29 bits per heavy atom. The molecule has 14 heavy (non-hydrogen) atoms. The third kappa shape index (κ3) is 3.26. The summed E-state index contributed by atoms with van der Waals surface area (Å²) in [7, 11) is 0. The van der Waals surface area contributed by atoms with Gasteiger partial charge in [0, 0.05) is 0 Å². The highest BCUT2D eigenvalue weighted by Crippen LogP contribution is 2.19. The first kappa shape index (κ1) is 11.4. The zero-order chi connectivity index (χ0) is 10.4. The fourth-order valence-corrected chi connectivity index (χ4v) is 2.03. The molecule has 0 atom stereocenters. The van der Waals surface area contributed by atoms with Gasteiger partial charge < -0.3 is 5.11 Å². The first-order chi connectivity index (χ1) is 6.77. The van der Waals surface area contributed by atoms with Crippen LogP contribution in [0.3, 0.4) is 0 Å². The van der Waals surface area contributed by atoms with Crippen molar-refractivity contribution in [2.24, 2.45) is 0 Å². The third-order valence-corrected chi connectivity index (χ3v) is 3.06. The molecule has 0 saturated carbocycles. The van der Waals surface area contributed by atoms with Gasteiger partial charge in [-0.1, -0.05) is 13.0 Å². The van der Waals surface area contributed by atoms with E-state index >= 15 is 0 Å². The molecule has 0 aromatic heterocycles. The summed E-state index contributed by atoms with van der Waals surface area (Å²) in [6, 6.07) is 5.71. The average Bonchev–Trinajstić information content (AvgIpc) is 2.19. The van der Waals surface area contributed by atoms with Crippen molar-refractivity contribution < 1.29 is 5.11 Å². The van der Waals surface area contributed by atoms with Gasteiger partial charge in [0.15, 0.2) is 0 Å². The average molecular weight is 210 g/mol. The number of hydrogen-bond acceptors (Lipinski definition) is 2. The zero-order valence-electron chi connectivity index (χ0n) is 8.92. The Morgan fingerprint density at radius 3 is 2.71 bits per heavy atom. The number of benzene rings is 1. The van der Waals surface area contributed by atoms with E-state index in [0.29, 0.717) is 5.75 Å². The van der Waals surface area contributed by atoms with Crippen LogP contribution in [0.2, 0.25) is 0 Å². The van der Waals surface area contributed by atoms with Gasteiger partial charge in [0.05, 0.1) is 0 Å². The molecule has 78 valence electrons. The first-order valence-electron chi connectivity index (χ1n) is 5.07. The summed E-state index contributed by atoms with van der Waals surface area (Å²) in [6.45, 7) is 2.16. The van der Waals surface area contributed by atoms with E-state index in [1.54, 1.807) is 6.07 Å². The highest BCUT2D eigenvalue weighted by molar-refractivity contribution is 7.98. The molecule has 0 bridgehead atoms. The Morgan fingerprint density at radius 2 is 2.07 bits per heavy atom. The number of aromatic hydroxyl groups is 1. The molecule has 1 aromatic carbocycles. The van der Waals surface area contributed by atoms with Crippen molar-refractivity contribution in [1.82, 2.24) is 0 Å². The Bertz CT molecular complexity index is 284. The fraction of sp³-hybridized carbons (Fsp3) is 0.500. The number of phenols is 1. The molecule has 0 amide bonds. The van der Waals surface area contributed by atoms with E-state index in [1.165, 1.54) is 23.3 Å². The molecule has 1 nitrogen and oxygen atoms in total. The van der Waals surface area contributed by atoms with Crippen LogP contribution < -0.4 is 0 Å². The minimum absolute atomic E-state index is 0.390. The highest BCUT2D eigenvalue weighted by Gasteiger charge is 2.01. The van der Waals surface area contributed by atoms with Gasteiger partial charge in [-0.2, -0.15) is 11.8 Å². The molecule has 0 aliphatic heterocycles. The van der Waals surface area contributed by atoms with Crippen LogP contribution in [-0.4, -0.2) is 17.1 Å². The molecule has 0 saturated heterocycles. The van der Waals surface area contributed by atoms with Crippen LogP contribution in [0.25, 0.3) is 0 Å². The second-order valence-corrected chi connectivity index (χ2v) is 4.39. The van der Waals surface area contributed by atoms with Crippen LogP contribution in [0.15, 0.2) is 18.2 Å². The second kappa shape index (κ2) is 5.97. The zero-order valence-corrected chi connectivity index (χ0v) is 9.73. The molecule has 0 unspecified atom stereocenters. The van der Waals surface area contributed by atoms with Crippen molar-refractivity contribution >= 4 is 11.8 Å². The molecular weight excluding hydrogens is 192 g/mol. The smallest absolute Gasteiger partial charge is 0.115 e. The van der Waals surface area contributed by atoms with Gasteiger partial charge >= 0.3 is 0 Å². The molecule has 1 aromatic rings. The molecule has 1 N–H and O–H groups in total. The molecule has 0 radical (unpaired) electrons. The molecule has 0 spiro atoms. The van der Waals surface area contributed by atoms with E-state index in [-0.39, 0.29) is 0 Å². The van der Waals surface area contributed by atoms with Gasteiger partial charge in [-0.15, -0.1) is 0 Å². The standard InChI is InChI=1S/C12H18OS/c1-3-10-6-7-12(13)9-11(10)5-4-8-14-2/h6-7,9,13H,3-5,8H2,1-2H3. The van der Waals surface area contributed by atoms with E-state index in [2.05, 4.69) is 13.2 Å². The normalized spacial score (nSPS) is 10.4. The predicted octanol–water partition coefficient (Wildman–Crippen LogP) is 3.25. The van der Waals surface area contributed by atoms with Crippen LogP contribution in [0.5, 0.6) is 5.75 Å². The quantitative estimate of drug-likeness (QED) is 0.753. The summed E-state index contributed by atoms with van der Waals surface area (Å²) < 4.78 is 0. The monoisotopic (exact) mass is 210 g/mol. The van der Waals surface area contributed by atoms with Crippen LogP contribution in [-0.2, 0) is 12.8 Å². The Balaban J connectivity index is 2.67. The van der Waals surface area contributed by atoms with Gasteiger partial charge in [0.2, 0.25) is 0 Å². The minimum atomic E-state index is 0.390. The van der Waals surface area contributed by atoms with Gasteiger partial charge in [-0.3, -0.25) is 0 Å². The predicted molar refractivity (Wildman–Crippen MR) is 64.2 cm³/mol. The van der Waals surface area contributed by atoms with Crippen molar-refractivity contribution in [3.63, 3.8) is 0 Å². The number of thioether (sulfide) groups is 1. The number of rotatable bonds is 5. The van der Waals surface area contributed by atoms with E-state index in [0.717, 1.165) is 12.8 Å². The van der Waals surface area contributed by atoms with Crippen molar-refractivity contribution in [1.29, 1.82) is 0 Å². The van der Waals surface area contributed by atoms with Crippen LogP contribution in [0, 0.1) is 0 Å². The number of aryl methyl sites for hydroxylation is 2. The van der Waals surface area contributed by atoms with Gasteiger partial charge in [0.25, 0.3) is 0 Å². The third-order valence-electron chi connectivity index (χ3n) is 2.37. The van der Waals surface area contributed by atoms with Gasteiger partial charge in [0.1, 0.15) is 5.75 Å². The summed E-state index contributed by atoms with van der Waals surface area (Å²) in [5, 5.41) is 9.38. The Kier molecular flexibility index (Phi) is 4.88. The maximum Gasteiger partial charge on any atom is 0.115 e. The lowest BCUT2D eigenvalue weighted by Gasteiger charge is -2.07. The summed E-state index contributed by atoms with van der Waals surface area (Å²) in [5.41, 5.74) is 2.67. The highest BCUT2D eigenvalue weighted by atomic mass is 32.2. The Labute approximate surface area is 90.5 Å². The summed E-state index contributed by atoms with van der Waals surface area (Å²) in [6.07, 6.45) is 5.45. The first-order valence-corrected chi connectivity index (χ1v) is 6.47. The van der Waals surface area contributed by atoms with E-state index in [4.69, 9.17) is 0 Å². The van der Waals surface area contributed by atoms with Crippen LogP contribution >= 0.6 is 11.8 Å². The van der Waals surface area contributed by atoms with Crippen molar-refractivity contribution in [2.45, 2.75) is 26.2 Å². The topological polar surface area (TPSA) is 20.2 Å². The number of phenolic OH excluding ortho intramolecular Hbond substituents is 1. The van der Waals surface area contributed by atoms with Gasteiger partial charge in [-0.05, 0) is 54.5 Å². The molecule has 0 fully saturated rings. The summed E-state index contributed by atoms with van der Waals surface area (Å²) >= 11 is 1.88. The van der Waals surface area contributed by atoms with Crippen molar-refractivity contribution in [3.05, 3.63) is 29.3 Å². The molecule has 0 heterocycles. The van der Waals surface area contributed by atoms with Crippen LogP contribution in [0.4, 0.5) is 0 Å². The lowest BCUT2D eigenvalue weighted by atomic mass is 10.0. The van der Waals surface area contributed by atoms with Crippen molar-refractivity contribution in [2.75, 3.05) is 12.0 Å². The maximum absolute atomic E-state index is 9.38. The van der Waals surface area contributed by atoms with Crippen LogP contribution in [0.1, 0.15) is 24.5 Å². The maximum atomic E-state index is 9.38. The van der Waals surface area contributed by atoms with Gasteiger partial charge in [-0.25, -0.2) is 0 Å². The lowest BCUT2D eigenvalue weighted by molar-refractivity contribution is 0.474. The molecule has 1 rings (SSSR count). The molecular formula is C12H18OS. The van der Waals surface area contributed by atoms with E-state index < -0.39 is 0 Å². The second-order valence-electron chi connectivity index (χ2n) is 3.40. The van der Waals surface area contributed by atoms with E-state index in [1.807, 2.05) is 23.9 Å². The minimum Gasteiger partial charge on any atom is -0.508 e. The molecule has 0 aliphatic carbocycles. The fourth-order valence-electron chi connectivity index (χ4n) is 1.60. The largest absolute Gasteiger partial charge is 0.508 e. The molecule has 2 heteroatoms. The molecule has 0 aliphatic rings. The van der Waals surface area contributed by atoms with E-state index in [9.17, 15) is 5.11 Å². The number of hydrogen-bond donors (Lipinski definition) is 1. The van der Waals surface area contributed by atoms with Crippen molar-refractivity contribution in [3.8, 4) is 5.75 Å². The Hall–Kier alpha value is -0.630. The SMILES string of the molecule is CCc1ccc(O)cc1CCCSC.